The van der Waals surface area contributed by atoms with Gasteiger partial charge in [-0.15, -0.1) is 0 Å². The van der Waals surface area contributed by atoms with Crippen molar-refractivity contribution >= 4 is 17.1 Å². The average molecular weight is 714 g/mol. The van der Waals surface area contributed by atoms with Gasteiger partial charge in [-0.05, 0) is 97.6 Å². The molecule has 0 aliphatic heterocycles. The van der Waals surface area contributed by atoms with Gasteiger partial charge in [-0.3, -0.25) is 0 Å². The Balaban J connectivity index is 1.12. The lowest BCUT2D eigenvalue weighted by molar-refractivity contribution is 0.768. The number of hydrogen-bond donors (Lipinski definition) is 0. The van der Waals surface area contributed by atoms with Crippen LogP contribution in [0.1, 0.15) is 22.3 Å². The van der Waals surface area contributed by atoms with E-state index in [2.05, 4.69) is 241 Å². The zero-order chi connectivity index (χ0) is 37.3. The second kappa shape index (κ2) is 14.2. The quantitative estimate of drug-likeness (QED) is 0.152. The summed E-state index contributed by atoms with van der Waals surface area (Å²) >= 11 is 0. The van der Waals surface area contributed by atoms with Crippen LogP contribution in [0.3, 0.4) is 0 Å². The molecule has 9 aromatic carbocycles. The molecule has 1 aliphatic carbocycles. The highest BCUT2D eigenvalue weighted by molar-refractivity contribution is 5.90. The Labute approximate surface area is 329 Å². The molecule has 0 amide bonds. The summed E-state index contributed by atoms with van der Waals surface area (Å²) in [6.45, 7) is 0. The molecular formula is C55H39N. The van der Waals surface area contributed by atoms with Gasteiger partial charge in [0.25, 0.3) is 0 Å². The Hall–Kier alpha value is -7.22. The summed E-state index contributed by atoms with van der Waals surface area (Å²) in [6.07, 6.45) is 0. The fourth-order valence-corrected chi connectivity index (χ4v) is 8.84. The Morgan fingerprint density at radius 3 is 1.27 bits per heavy atom. The first-order valence-electron chi connectivity index (χ1n) is 19.3. The predicted molar refractivity (Wildman–Crippen MR) is 235 cm³/mol. The van der Waals surface area contributed by atoms with Crippen LogP contribution >= 0.6 is 0 Å². The maximum Gasteiger partial charge on any atom is 0.0713 e. The molecule has 0 saturated carbocycles. The molecule has 0 spiro atoms. The normalized spacial score (nSPS) is 12.4. The molecule has 0 heterocycles. The molecule has 0 radical (unpaired) electrons. The highest BCUT2D eigenvalue weighted by Crippen LogP contribution is 2.56. The van der Waals surface area contributed by atoms with Crippen LogP contribution in [0.5, 0.6) is 0 Å². The minimum atomic E-state index is -0.449. The van der Waals surface area contributed by atoms with Crippen LogP contribution in [0.2, 0.25) is 0 Å². The van der Waals surface area contributed by atoms with Gasteiger partial charge in [0.2, 0.25) is 0 Å². The first-order chi connectivity index (χ1) is 27.8. The van der Waals surface area contributed by atoms with Crippen LogP contribution in [0.4, 0.5) is 17.1 Å². The zero-order valence-electron chi connectivity index (χ0n) is 31.0. The van der Waals surface area contributed by atoms with Gasteiger partial charge in [-0.1, -0.05) is 200 Å². The Bertz CT molecular complexity index is 2720. The van der Waals surface area contributed by atoms with E-state index in [0.29, 0.717) is 0 Å². The van der Waals surface area contributed by atoms with Crippen LogP contribution in [0.25, 0.3) is 44.5 Å². The van der Waals surface area contributed by atoms with Gasteiger partial charge >= 0.3 is 0 Å². The molecule has 1 nitrogen and oxygen atoms in total. The van der Waals surface area contributed by atoms with Crippen molar-refractivity contribution in [3.63, 3.8) is 0 Å². The molecule has 264 valence electrons. The fraction of sp³-hybridized carbons (Fsp3) is 0.0182. The number of benzene rings is 9. The van der Waals surface area contributed by atoms with E-state index in [4.69, 9.17) is 0 Å². The van der Waals surface area contributed by atoms with Gasteiger partial charge in [0.1, 0.15) is 0 Å². The lowest BCUT2D eigenvalue weighted by Gasteiger charge is -2.34. The second-order valence-corrected chi connectivity index (χ2v) is 14.5. The molecule has 0 aromatic heterocycles. The van der Waals surface area contributed by atoms with Crippen molar-refractivity contribution in [2.24, 2.45) is 0 Å². The standard InChI is InChI=1S/C55H39N/c1-4-17-40(18-5-1)43-21-16-22-44(39-43)41-31-35-47(36-32-41)56(54-30-15-12-25-49(54)42-19-6-2-7-20-42)48-37-33-46(34-38-48)55(45-23-8-3-9-24-45)52-28-13-10-26-50(52)51-27-11-14-29-53(51)55/h1-39H. The monoisotopic (exact) mass is 713 g/mol. The molecular weight excluding hydrogens is 675 g/mol. The number of hydrogen-bond acceptors (Lipinski definition) is 1. The van der Waals surface area contributed by atoms with Crippen LogP contribution in [0.15, 0.2) is 237 Å². The predicted octanol–water partition coefficient (Wildman–Crippen LogP) is 14.5. The SMILES string of the molecule is c1ccc(-c2cccc(-c3ccc(N(c4ccc(C5(c6ccccc6)c6ccccc6-c6ccccc65)cc4)c4ccccc4-c4ccccc4)cc3)c2)cc1. The Morgan fingerprint density at radius 1 is 0.268 bits per heavy atom. The molecule has 1 heteroatoms. The first-order valence-corrected chi connectivity index (χ1v) is 19.3. The topological polar surface area (TPSA) is 3.24 Å². The largest absolute Gasteiger partial charge is 0.310 e. The van der Waals surface area contributed by atoms with Crippen molar-refractivity contribution < 1.29 is 0 Å². The number of para-hydroxylation sites is 1. The zero-order valence-corrected chi connectivity index (χ0v) is 31.0. The lowest BCUT2D eigenvalue weighted by atomic mass is 9.68. The first kappa shape index (κ1) is 33.4. The number of fused-ring (bicyclic) bond motifs is 3. The highest BCUT2D eigenvalue weighted by atomic mass is 15.1. The van der Waals surface area contributed by atoms with E-state index < -0.39 is 5.41 Å². The van der Waals surface area contributed by atoms with Crippen molar-refractivity contribution in [3.8, 4) is 44.5 Å². The van der Waals surface area contributed by atoms with Crippen LogP contribution < -0.4 is 4.90 Å². The van der Waals surface area contributed by atoms with Crippen molar-refractivity contribution in [1.29, 1.82) is 0 Å². The minimum Gasteiger partial charge on any atom is -0.310 e. The number of nitrogens with zero attached hydrogens (tertiary/aromatic N) is 1. The molecule has 56 heavy (non-hydrogen) atoms. The molecule has 0 saturated heterocycles. The average Bonchev–Trinajstić information content (AvgIpc) is 3.59. The van der Waals surface area contributed by atoms with E-state index in [1.165, 1.54) is 66.8 Å². The van der Waals surface area contributed by atoms with Crippen molar-refractivity contribution in [2.75, 3.05) is 4.90 Å². The molecule has 0 unspecified atom stereocenters. The molecule has 0 fully saturated rings. The van der Waals surface area contributed by atoms with E-state index in [1.807, 2.05) is 0 Å². The molecule has 0 atom stereocenters. The van der Waals surface area contributed by atoms with E-state index in [0.717, 1.165) is 17.1 Å². The summed E-state index contributed by atoms with van der Waals surface area (Å²) in [5.41, 5.74) is 17.8. The second-order valence-electron chi connectivity index (χ2n) is 14.5. The third-order valence-corrected chi connectivity index (χ3v) is 11.4. The van der Waals surface area contributed by atoms with Gasteiger partial charge < -0.3 is 4.90 Å². The maximum atomic E-state index is 2.40. The van der Waals surface area contributed by atoms with Gasteiger partial charge in [0.15, 0.2) is 0 Å². The van der Waals surface area contributed by atoms with Crippen molar-refractivity contribution in [2.45, 2.75) is 5.41 Å². The fourth-order valence-electron chi connectivity index (χ4n) is 8.84. The summed E-state index contributed by atoms with van der Waals surface area (Å²) in [5, 5.41) is 0. The smallest absolute Gasteiger partial charge is 0.0713 e. The minimum absolute atomic E-state index is 0.449. The van der Waals surface area contributed by atoms with Gasteiger partial charge in [-0.25, -0.2) is 0 Å². The van der Waals surface area contributed by atoms with Crippen LogP contribution in [0, 0.1) is 0 Å². The summed E-state index contributed by atoms with van der Waals surface area (Å²) in [7, 11) is 0. The van der Waals surface area contributed by atoms with Crippen LogP contribution in [-0.2, 0) is 5.41 Å². The number of anilines is 3. The third-order valence-electron chi connectivity index (χ3n) is 11.4. The van der Waals surface area contributed by atoms with E-state index >= 15 is 0 Å². The van der Waals surface area contributed by atoms with E-state index in [1.54, 1.807) is 0 Å². The summed E-state index contributed by atoms with van der Waals surface area (Å²) in [6, 6.07) is 86.1. The molecule has 1 aliphatic rings. The molecule has 0 N–H and O–H groups in total. The van der Waals surface area contributed by atoms with Gasteiger partial charge in [-0.2, -0.15) is 0 Å². The van der Waals surface area contributed by atoms with Crippen molar-refractivity contribution in [1.82, 2.24) is 0 Å². The third kappa shape index (κ3) is 5.65. The summed E-state index contributed by atoms with van der Waals surface area (Å²) < 4.78 is 0. The van der Waals surface area contributed by atoms with E-state index in [9.17, 15) is 0 Å². The molecule has 9 aromatic rings. The highest BCUT2D eigenvalue weighted by Gasteiger charge is 2.45. The molecule has 0 bridgehead atoms. The maximum absolute atomic E-state index is 2.40. The lowest BCUT2D eigenvalue weighted by Crippen LogP contribution is -2.28. The van der Waals surface area contributed by atoms with Crippen LogP contribution in [-0.4, -0.2) is 0 Å². The summed E-state index contributed by atoms with van der Waals surface area (Å²) in [4.78, 5) is 2.40. The number of rotatable bonds is 8. The van der Waals surface area contributed by atoms with E-state index in [-0.39, 0.29) is 0 Å². The van der Waals surface area contributed by atoms with Gasteiger partial charge in [0, 0.05) is 16.9 Å². The van der Waals surface area contributed by atoms with Gasteiger partial charge in [0.05, 0.1) is 11.1 Å². The summed E-state index contributed by atoms with van der Waals surface area (Å²) in [5.74, 6) is 0. The Morgan fingerprint density at radius 2 is 0.679 bits per heavy atom. The Kier molecular flexibility index (Phi) is 8.46. The molecule has 10 rings (SSSR count). The van der Waals surface area contributed by atoms with Crippen molar-refractivity contribution in [3.05, 3.63) is 259 Å².